The minimum Gasteiger partial charge on any atom is -0.331 e. The lowest BCUT2D eigenvalue weighted by Crippen LogP contribution is -2.47. The molecule has 0 saturated carbocycles. The number of piperidine rings is 1. The number of hydrogen-bond acceptors (Lipinski definition) is 1. The number of likely N-dealkylation sites (tertiary alicyclic amines) is 1. The van der Waals surface area contributed by atoms with Crippen molar-refractivity contribution in [2.45, 2.75) is 31.7 Å². The summed E-state index contributed by atoms with van der Waals surface area (Å²) >= 11 is 0. The highest BCUT2D eigenvalue weighted by atomic mass is 19.3. The highest BCUT2D eigenvalue weighted by molar-refractivity contribution is 5.74. The van der Waals surface area contributed by atoms with Crippen molar-refractivity contribution >= 4 is 6.03 Å². The molecule has 2 amide bonds. The number of nitrogens with zero attached hydrogens (tertiary/aromatic N) is 1. The van der Waals surface area contributed by atoms with Gasteiger partial charge in [0.15, 0.2) is 0 Å². The molecule has 116 valence electrons. The number of carbonyl (C=O) groups is 1. The van der Waals surface area contributed by atoms with Crippen molar-refractivity contribution in [2.24, 2.45) is 0 Å². The molecule has 1 heterocycles. The van der Waals surface area contributed by atoms with Gasteiger partial charge in [-0.2, -0.15) is 0 Å². The van der Waals surface area contributed by atoms with Crippen LogP contribution in [0.3, 0.4) is 0 Å². The van der Waals surface area contributed by atoms with Gasteiger partial charge in [-0.1, -0.05) is 0 Å². The minimum atomic E-state index is -2.73. The predicted octanol–water partition coefficient (Wildman–Crippen LogP) is 3.47. The zero-order valence-corrected chi connectivity index (χ0v) is 11.5. The van der Waals surface area contributed by atoms with Gasteiger partial charge in [0.2, 0.25) is 0 Å². The van der Waals surface area contributed by atoms with Crippen LogP contribution in [-0.4, -0.2) is 29.9 Å². The number of nitrogens with one attached hydrogen (secondary N) is 1. The van der Waals surface area contributed by atoms with E-state index in [2.05, 4.69) is 5.32 Å². The van der Waals surface area contributed by atoms with E-state index in [1.165, 1.54) is 4.90 Å². The molecule has 21 heavy (non-hydrogen) atoms. The average molecular weight is 304 g/mol. The first-order valence-electron chi connectivity index (χ1n) is 6.66. The normalized spacial score (nSPS) is 19.2. The Kier molecular flexibility index (Phi) is 4.39. The quantitative estimate of drug-likeness (QED) is 0.834. The lowest BCUT2D eigenvalue weighted by molar-refractivity contribution is -0.0470. The van der Waals surface area contributed by atoms with Crippen molar-refractivity contribution in [3.63, 3.8) is 0 Å². The van der Waals surface area contributed by atoms with Crippen molar-refractivity contribution in [1.29, 1.82) is 0 Å². The summed E-state index contributed by atoms with van der Waals surface area (Å²) in [7, 11) is 0. The average Bonchev–Trinajstić information content (AvgIpc) is 2.37. The maximum absolute atomic E-state index is 13.1. The van der Waals surface area contributed by atoms with Crippen LogP contribution in [0.5, 0.6) is 0 Å². The Morgan fingerprint density at radius 3 is 2.24 bits per heavy atom. The summed E-state index contributed by atoms with van der Waals surface area (Å²) in [6.45, 7) is 1.50. The number of urea groups is 1. The molecule has 1 saturated heterocycles. The SMILES string of the molecule is C[C@@H](NC(=O)N1CCC(F)(F)CC1)c1cc(F)cc(F)c1. The molecule has 1 aromatic rings. The second-order valence-electron chi connectivity index (χ2n) is 5.22. The van der Waals surface area contributed by atoms with Crippen LogP contribution in [0.15, 0.2) is 18.2 Å². The van der Waals surface area contributed by atoms with Crippen LogP contribution >= 0.6 is 0 Å². The Morgan fingerprint density at radius 1 is 1.19 bits per heavy atom. The third kappa shape index (κ3) is 4.09. The summed E-state index contributed by atoms with van der Waals surface area (Å²) in [6.07, 6.45) is -0.743. The Balaban J connectivity index is 1.96. The molecular formula is C14H16F4N2O. The van der Waals surface area contributed by atoms with Gasteiger partial charge in [-0.25, -0.2) is 22.4 Å². The van der Waals surface area contributed by atoms with Gasteiger partial charge >= 0.3 is 6.03 Å². The molecule has 1 aliphatic rings. The molecule has 1 aliphatic heterocycles. The number of benzene rings is 1. The standard InChI is InChI=1S/C14H16F4N2O/c1-9(10-6-11(15)8-12(16)7-10)19-13(21)20-4-2-14(17,18)3-5-20/h6-9H,2-5H2,1H3,(H,19,21)/t9-/m1/s1. The highest BCUT2D eigenvalue weighted by Crippen LogP contribution is 2.27. The van der Waals surface area contributed by atoms with Gasteiger partial charge in [-0.3, -0.25) is 0 Å². The Morgan fingerprint density at radius 2 is 1.71 bits per heavy atom. The lowest BCUT2D eigenvalue weighted by Gasteiger charge is -2.32. The van der Waals surface area contributed by atoms with E-state index < -0.39 is 29.6 Å². The summed E-state index contributed by atoms with van der Waals surface area (Å²) in [5.74, 6) is -4.19. The number of carbonyl (C=O) groups excluding carboxylic acids is 1. The second-order valence-corrected chi connectivity index (χ2v) is 5.22. The molecule has 0 aromatic heterocycles. The van der Waals surface area contributed by atoms with Crippen LogP contribution in [-0.2, 0) is 0 Å². The van der Waals surface area contributed by atoms with E-state index in [0.717, 1.165) is 18.2 Å². The smallest absolute Gasteiger partial charge is 0.317 e. The molecule has 0 radical (unpaired) electrons. The molecule has 1 atom stereocenters. The Hall–Kier alpha value is -1.79. The van der Waals surface area contributed by atoms with Crippen LogP contribution < -0.4 is 5.32 Å². The minimum absolute atomic E-state index is 0.0386. The number of rotatable bonds is 2. The molecule has 1 aromatic carbocycles. The summed E-state index contributed by atoms with van der Waals surface area (Å²) in [5.41, 5.74) is 0.281. The first-order valence-corrected chi connectivity index (χ1v) is 6.66. The van der Waals surface area contributed by atoms with Crippen molar-refractivity contribution in [2.75, 3.05) is 13.1 Å². The van der Waals surface area contributed by atoms with E-state index in [1.807, 2.05) is 0 Å². The first-order chi connectivity index (χ1) is 9.77. The third-order valence-electron chi connectivity index (χ3n) is 3.51. The fourth-order valence-electron chi connectivity index (χ4n) is 2.22. The molecule has 1 N–H and O–H groups in total. The number of hydrogen-bond donors (Lipinski definition) is 1. The highest BCUT2D eigenvalue weighted by Gasteiger charge is 2.35. The fourth-order valence-corrected chi connectivity index (χ4v) is 2.22. The van der Waals surface area contributed by atoms with Crippen LogP contribution in [0.2, 0.25) is 0 Å². The van der Waals surface area contributed by atoms with Crippen molar-refractivity contribution in [1.82, 2.24) is 10.2 Å². The van der Waals surface area contributed by atoms with Gasteiger partial charge in [0, 0.05) is 32.0 Å². The largest absolute Gasteiger partial charge is 0.331 e. The van der Waals surface area contributed by atoms with Gasteiger partial charge in [0.05, 0.1) is 6.04 Å². The Bertz CT molecular complexity index is 505. The first kappa shape index (κ1) is 15.6. The van der Waals surface area contributed by atoms with Crippen LogP contribution in [0.4, 0.5) is 22.4 Å². The molecule has 7 heteroatoms. The van der Waals surface area contributed by atoms with E-state index in [1.54, 1.807) is 6.92 Å². The van der Waals surface area contributed by atoms with E-state index in [-0.39, 0.29) is 31.5 Å². The molecule has 0 aliphatic carbocycles. The van der Waals surface area contributed by atoms with Crippen LogP contribution in [0, 0.1) is 11.6 Å². The second kappa shape index (κ2) is 5.91. The number of halogens is 4. The number of alkyl halides is 2. The predicted molar refractivity (Wildman–Crippen MR) is 69.1 cm³/mol. The number of amides is 2. The van der Waals surface area contributed by atoms with E-state index in [0.29, 0.717) is 0 Å². The zero-order chi connectivity index (χ0) is 15.6. The van der Waals surface area contributed by atoms with E-state index in [4.69, 9.17) is 0 Å². The monoisotopic (exact) mass is 304 g/mol. The molecule has 0 unspecified atom stereocenters. The zero-order valence-electron chi connectivity index (χ0n) is 11.5. The maximum atomic E-state index is 13.1. The van der Waals surface area contributed by atoms with E-state index >= 15 is 0 Å². The molecule has 0 bridgehead atoms. The summed E-state index contributed by atoms with van der Waals surface area (Å²) in [5, 5.41) is 2.56. The fraction of sp³-hybridized carbons (Fsp3) is 0.500. The molecule has 3 nitrogen and oxygen atoms in total. The molecular weight excluding hydrogens is 288 g/mol. The van der Waals surface area contributed by atoms with E-state index in [9.17, 15) is 22.4 Å². The van der Waals surface area contributed by atoms with Crippen molar-refractivity contribution in [3.05, 3.63) is 35.4 Å². The molecule has 0 spiro atoms. The molecule has 2 rings (SSSR count). The lowest BCUT2D eigenvalue weighted by atomic mass is 10.1. The molecule has 1 fully saturated rings. The van der Waals surface area contributed by atoms with Gasteiger partial charge in [0.25, 0.3) is 5.92 Å². The Labute approximate surface area is 119 Å². The summed E-state index contributed by atoms with van der Waals surface area (Å²) in [6, 6.07) is 1.86. The van der Waals surface area contributed by atoms with Gasteiger partial charge < -0.3 is 10.2 Å². The summed E-state index contributed by atoms with van der Waals surface area (Å²) in [4.78, 5) is 13.2. The van der Waals surface area contributed by atoms with Crippen molar-refractivity contribution in [3.8, 4) is 0 Å². The van der Waals surface area contributed by atoms with Gasteiger partial charge in [-0.15, -0.1) is 0 Å². The van der Waals surface area contributed by atoms with Crippen LogP contribution in [0.1, 0.15) is 31.4 Å². The van der Waals surface area contributed by atoms with Crippen LogP contribution in [0.25, 0.3) is 0 Å². The maximum Gasteiger partial charge on any atom is 0.317 e. The topological polar surface area (TPSA) is 32.3 Å². The third-order valence-corrected chi connectivity index (χ3v) is 3.51. The summed E-state index contributed by atoms with van der Waals surface area (Å²) < 4.78 is 52.3. The van der Waals surface area contributed by atoms with Gasteiger partial charge in [-0.05, 0) is 24.6 Å². The van der Waals surface area contributed by atoms with Crippen molar-refractivity contribution < 1.29 is 22.4 Å². The van der Waals surface area contributed by atoms with Gasteiger partial charge in [0.1, 0.15) is 11.6 Å².